The molecule has 2 rings (SSSR count). The summed E-state index contributed by atoms with van der Waals surface area (Å²) in [7, 11) is 3.33. The molecule has 1 N–H and O–H groups in total. The zero-order chi connectivity index (χ0) is 18.1. The van der Waals surface area contributed by atoms with E-state index in [1.165, 1.54) is 0 Å². The number of rotatable bonds is 10. The van der Waals surface area contributed by atoms with E-state index in [0.29, 0.717) is 28.1 Å². The molecule has 0 bridgehead atoms. The normalized spacial score (nSPS) is 10.7. The predicted molar refractivity (Wildman–Crippen MR) is 102 cm³/mol. The minimum absolute atomic E-state index is 0.273. The molecule has 0 saturated carbocycles. The number of methoxy groups -OCH3 is 2. The summed E-state index contributed by atoms with van der Waals surface area (Å²) >= 11 is 12.4. The van der Waals surface area contributed by atoms with Crippen LogP contribution in [-0.4, -0.2) is 27.4 Å². The number of benzene rings is 2. The van der Waals surface area contributed by atoms with Crippen molar-refractivity contribution >= 4 is 23.2 Å². The van der Waals surface area contributed by atoms with Crippen molar-refractivity contribution < 1.29 is 14.2 Å². The van der Waals surface area contributed by atoms with Gasteiger partial charge in [0.2, 0.25) is 0 Å². The number of hydrogen-bond donors (Lipinski definition) is 1. The van der Waals surface area contributed by atoms with Crippen molar-refractivity contribution in [1.29, 1.82) is 0 Å². The molecule has 136 valence electrons. The van der Waals surface area contributed by atoms with E-state index in [2.05, 4.69) is 5.32 Å². The zero-order valence-electron chi connectivity index (χ0n) is 14.5. The SMILES string of the molecule is COCCCNCc1cccc(OC)c1OCc1c(Cl)cccc1Cl. The first-order chi connectivity index (χ1) is 12.2. The van der Waals surface area contributed by atoms with Gasteiger partial charge in [0, 0.05) is 41.4 Å². The fourth-order valence-corrected chi connectivity index (χ4v) is 2.91. The molecule has 25 heavy (non-hydrogen) atoms. The maximum absolute atomic E-state index is 6.22. The highest BCUT2D eigenvalue weighted by molar-refractivity contribution is 6.35. The van der Waals surface area contributed by atoms with Crippen molar-refractivity contribution in [3.05, 3.63) is 57.6 Å². The van der Waals surface area contributed by atoms with Gasteiger partial charge in [-0.15, -0.1) is 0 Å². The predicted octanol–water partition coefficient (Wildman–Crippen LogP) is 4.71. The first-order valence-electron chi connectivity index (χ1n) is 8.08. The topological polar surface area (TPSA) is 39.7 Å². The van der Waals surface area contributed by atoms with E-state index in [-0.39, 0.29) is 6.61 Å². The monoisotopic (exact) mass is 383 g/mol. The molecule has 2 aromatic carbocycles. The Morgan fingerprint density at radius 1 is 1.00 bits per heavy atom. The van der Waals surface area contributed by atoms with E-state index in [4.69, 9.17) is 37.4 Å². The van der Waals surface area contributed by atoms with Crippen molar-refractivity contribution in [3.63, 3.8) is 0 Å². The molecule has 0 amide bonds. The van der Waals surface area contributed by atoms with E-state index in [1.54, 1.807) is 26.4 Å². The van der Waals surface area contributed by atoms with Crippen molar-refractivity contribution in [3.8, 4) is 11.5 Å². The van der Waals surface area contributed by atoms with Crippen LogP contribution < -0.4 is 14.8 Å². The third-order valence-corrected chi connectivity index (χ3v) is 4.43. The lowest BCUT2D eigenvalue weighted by atomic mass is 10.1. The van der Waals surface area contributed by atoms with E-state index in [9.17, 15) is 0 Å². The second-order valence-corrected chi connectivity index (χ2v) is 6.27. The Morgan fingerprint density at radius 2 is 1.72 bits per heavy atom. The lowest BCUT2D eigenvalue weighted by molar-refractivity contribution is 0.194. The molecule has 2 aromatic rings. The van der Waals surface area contributed by atoms with E-state index in [1.807, 2.05) is 24.3 Å². The lowest BCUT2D eigenvalue weighted by Crippen LogP contribution is -2.17. The van der Waals surface area contributed by atoms with Gasteiger partial charge in [-0.25, -0.2) is 0 Å². The smallest absolute Gasteiger partial charge is 0.166 e. The van der Waals surface area contributed by atoms with Gasteiger partial charge >= 0.3 is 0 Å². The molecule has 0 radical (unpaired) electrons. The second kappa shape index (κ2) is 10.5. The molecule has 0 unspecified atom stereocenters. The Bertz CT molecular complexity index is 659. The summed E-state index contributed by atoms with van der Waals surface area (Å²) in [5, 5.41) is 4.55. The number of halogens is 2. The summed E-state index contributed by atoms with van der Waals surface area (Å²) in [6.45, 7) is 2.54. The van der Waals surface area contributed by atoms with Crippen LogP contribution in [0.3, 0.4) is 0 Å². The van der Waals surface area contributed by atoms with Crippen molar-refractivity contribution in [1.82, 2.24) is 5.32 Å². The molecule has 0 aliphatic heterocycles. The summed E-state index contributed by atoms with van der Waals surface area (Å²) in [5.41, 5.74) is 1.77. The van der Waals surface area contributed by atoms with Gasteiger partial charge in [-0.3, -0.25) is 0 Å². The van der Waals surface area contributed by atoms with E-state index >= 15 is 0 Å². The minimum atomic E-state index is 0.273. The van der Waals surface area contributed by atoms with Crippen LogP contribution in [0.4, 0.5) is 0 Å². The fraction of sp³-hybridized carbons (Fsp3) is 0.368. The number of nitrogens with one attached hydrogen (secondary N) is 1. The molecule has 0 spiro atoms. The molecule has 0 aromatic heterocycles. The Kier molecular flexibility index (Phi) is 8.35. The minimum Gasteiger partial charge on any atom is -0.493 e. The molecule has 4 nitrogen and oxygen atoms in total. The summed E-state index contributed by atoms with van der Waals surface area (Å²) in [6, 6.07) is 11.2. The number of para-hydroxylation sites is 1. The molecule has 0 saturated heterocycles. The highest BCUT2D eigenvalue weighted by Gasteiger charge is 2.13. The molecule has 0 heterocycles. The quantitative estimate of drug-likeness (QED) is 0.603. The summed E-state index contributed by atoms with van der Waals surface area (Å²) in [4.78, 5) is 0. The number of ether oxygens (including phenoxy) is 3. The first-order valence-corrected chi connectivity index (χ1v) is 8.84. The Labute approximate surface area is 159 Å². The van der Waals surface area contributed by atoms with Crippen LogP contribution in [0.1, 0.15) is 17.5 Å². The van der Waals surface area contributed by atoms with Crippen LogP contribution in [0.15, 0.2) is 36.4 Å². The zero-order valence-corrected chi connectivity index (χ0v) is 16.0. The van der Waals surface area contributed by atoms with Gasteiger partial charge in [0.25, 0.3) is 0 Å². The van der Waals surface area contributed by atoms with Gasteiger partial charge in [-0.1, -0.05) is 41.4 Å². The summed E-state index contributed by atoms with van der Waals surface area (Å²) < 4.78 is 16.5. The molecular formula is C19H23Cl2NO3. The van der Waals surface area contributed by atoms with Crippen molar-refractivity contribution in [2.24, 2.45) is 0 Å². The molecule has 0 aliphatic carbocycles. The lowest BCUT2D eigenvalue weighted by Gasteiger charge is -2.16. The second-order valence-electron chi connectivity index (χ2n) is 5.46. The Hall–Kier alpha value is -1.46. The molecular weight excluding hydrogens is 361 g/mol. The van der Waals surface area contributed by atoms with Gasteiger partial charge in [0.1, 0.15) is 6.61 Å². The van der Waals surface area contributed by atoms with Crippen LogP contribution in [-0.2, 0) is 17.9 Å². The highest BCUT2D eigenvalue weighted by atomic mass is 35.5. The average molecular weight is 384 g/mol. The summed E-state index contributed by atoms with van der Waals surface area (Å²) in [6.07, 6.45) is 0.950. The first kappa shape index (κ1) is 19.9. The summed E-state index contributed by atoms with van der Waals surface area (Å²) in [5.74, 6) is 1.37. The van der Waals surface area contributed by atoms with E-state index < -0.39 is 0 Å². The van der Waals surface area contributed by atoms with Crippen molar-refractivity contribution in [2.75, 3.05) is 27.4 Å². The Morgan fingerprint density at radius 3 is 2.40 bits per heavy atom. The van der Waals surface area contributed by atoms with Crippen LogP contribution >= 0.6 is 23.2 Å². The van der Waals surface area contributed by atoms with Gasteiger partial charge < -0.3 is 19.5 Å². The van der Waals surface area contributed by atoms with Crippen LogP contribution in [0, 0.1) is 0 Å². The average Bonchev–Trinajstić information content (AvgIpc) is 2.61. The Balaban J connectivity index is 2.09. The van der Waals surface area contributed by atoms with Gasteiger partial charge in [0.15, 0.2) is 11.5 Å². The fourth-order valence-electron chi connectivity index (χ4n) is 2.40. The maximum Gasteiger partial charge on any atom is 0.166 e. The third-order valence-electron chi connectivity index (χ3n) is 3.72. The van der Waals surface area contributed by atoms with Crippen LogP contribution in [0.25, 0.3) is 0 Å². The molecule has 0 fully saturated rings. The van der Waals surface area contributed by atoms with Crippen LogP contribution in [0.2, 0.25) is 10.0 Å². The van der Waals surface area contributed by atoms with Crippen LogP contribution in [0.5, 0.6) is 11.5 Å². The van der Waals surface area contributed by atoms with Gasteiger partial charge in [0.05, 0.1) is 7.11 Å². The van der Waals surface area contributed by atoms with Gasteiger partial charge in [-0.2, -0.15) is 0 Å². The van der Waals surface area contributed by atoms with Gasteiger partial charge in [-0.05, 0) is 31.2 Å². The van der Waals surface area contributed by atoms with E-state index in [0.717, 1.165) is 30.7 Å². The maximum atomic E-state index is 6.22. The van der Waals surface area contributed by atoms with Crippen molar-refractivity contribution in [2.45, 2.75) is 19.6 Å². The molecule has 0 atom stereocenters. The third kappa shape index (κ3) is 5.79. The molecule has 0 aliphatic rings. The standard InChI is InChI=1S/C19H23Cl2NO3/c1-23-11-5-10-22-12-14-6-3-9-18(24-2)19(14)25-13-15-16(20)7-4-8-17(15)21/h3-4,6-9,22H,5,10-13H2,1-2H3. The highest BCUT2D eigenvalue weighted by Crippen LogP contribution is 2.33. The number of hydrogen-bond acceptors (Lipinski definition) is 4. The molecule has 6 heteroatoms. The largest absolute Gasteiger partial charge is 0.493 e.